The molecular formula is C29H37ClN2O5. The van der Waals surface area contributed by atoms with Crippen LogP contribution in [-0.4, -0.2) is 56.5 Å². The molecule has 2 heterocycles. The number of hydrogen-bond donors (Lipinski definition) is 0. The van der Waals surface area contributed by atoms with E-state index in [1.807, 2.05) is 30.3 Å². The van der Waals surface area contributed by atoms with Gasteiger partial charge in [-0.1, -0.05) is 56.6 Å². The van der Waals surface area contributed by atoms with Crippen molar-refractivity contribution in [2.45, 2.75) is 46.3 Å². The minimum atomic E-state index is -0.271. The maximum Gasteiger partial charge on any atom is 0.331 e. The SMILES string of the molecule is CCN1C(=O)CN(c2ccc(Cc3cc([C@@H]4OC(COCOC)[C@H](C)[C@H](C)C4C)ccc3Cl)cc2)C1=O. The molecule has 4 rings (SSSR count). The molecule has 2 aromatic rings. The number of halogens is 1. The second-order valence-corrected chi connectivity index (χ2v) is 10.6. The third kappa shape index (κ3) is 5.85. The lowest BCUT2D eigenvalue weighted by atomic mass is 9.75. The highest BCUT2D eigenvalue weighted by molar-refractivity contribution is 6.31. The summed E-state index contributed by atoms with van der Waals surface area (Å²) in [5.74, 6) is 1.00. The number of benzene rings is 2. The normalized spacial score (nSPS) is 26.3. The number of ether oxygens (including phenoxy) is 3. The number of nitrogens with zero attached hydrogens (tertiary/aromatic N) is 2. The van der Waals surface area contributed by atoms with E-state index in [-0.39, 0.29) is 37.5 Å². The Morgan fingerprint density at radius 2 is 1.76 bits per heavy atom. The lowest BCUT2D eigenvalue weighted by molar-refractivity contribution is -0.171. The number of anilines is 1. The zero-order valence-corrected chi connectivity index (χ0v) is 23.0. The molecule has 37 heavy (non-hydrogen) atoms. The Morgan fingerprint density at radius 1 is 1.03 bits per heavy atom. The quantitative estimate of drug-likeness (QED) is 0.238. The van der Waals surface area contributed by atoms with Crippen LogP contribution in [0, 0.1) is 17.8 Å². The molecule has 0 aromatic heterocycles. The van der Waals surface area contributed by atoms with Gasteiger partial charge >= 0.3 is 6.03 Å². The van der Waals surface area contributed by atoms with Crippen LogP contribution in [0.5, 0.6) is 0 Å². The van der Waals surface area contributed by atoms with E-state index < -0.39 is 0 Å². The number of methoxy groups -OCH3 is 1. The van der Waals surface area contributed by atoms with Crippen LogP contribution in [0.3, 0.4) is 0 Å². The summed E-state index contributed by atoms with van der Waals surface area (Å²) < 4.78 is 17.3. The molecule has 5 atom stereocenters. The number of urea groups is 1. The van der Waals surface area contributed by atoms with E-state index in [0.717, 1.165) is 16.7 Å². The fourth-order valence-electron chi connectivity index (χ4n) is 5.32. The van der Waals surface area contributed by atoms with Gasteiger partial charge in [-0.2, -0.15) is 0 Å². The number of amides is 3. The summed E-state index contributed by atoms with van der Waals surface area (Å²) in [7, 11) is 1.62. The average molecular weight is 529 g/mol. The number of likely N-dealkylation sites (N-methyl/N-ethyl adjacent to an activating group) is 1. The van der Waals surface area contributed by atoms with Crippen LogP contribution >= 0.6 is 11.6 Å². The number of carbonyl (C=O) groups is 2. The molecule has 2 fully saturated rings. The van der Waals surface area contributed by atoms with Gasteiger partial charge in [0.05, 0.1) is 18.8 Å². The molecule has 200 valence electrons. The van der Waals surface area contributed by atoms with Gasteiger partial charge in [0.15, 0.2) is 0 Å². The lowest BCUT2D eigenvalue weighted by Gasteiger charge is -2.44. The predicted molar refractivity (Wildman–Crippen MR) is 144 cm³/mol. The third-order valence-corrected chi connectivity index (χ3v) is 8.31. The van der Waals surface area contributed by atoms with Crippen LogP contribution in [0.1, 0.15) is 50.5 Å². The molecular weight excluding hydrogens is 492 g/mol. The van der Waals surface area contributed by atoms with Crippen LogP contribution in [-0.2, 0) is 25.4 Å². The monoisotopic (exact) mass is 528 g/mol. The van der Waals surface area contributed by atoms with E-state index in [4.69, 9.17) is 25.8 Å². The fourth-order valence-corrected chi connectivity index (χ4v) is 5.51. The van der Waals surface area contributed by atoms with E-state index in [9.17, 15) is 9.59 Å². The highest BCUT2D eigenvalue weighted by Crippen LogP contribution is 2.43. The minimum Gasteiger partial charge on any atom is -0.367 e. The summed E-state index contributed by atoms with van der Waals surface area (Å²) in [5, 5.41) is 0.705. The van der Waals surface area contributed by atoms with Gasteiger partial charge in [-0.15, -0.1) is 0 Å². The van der Waals surface area contributed by atoms with Crippen LogP contribution in [0.25, 0.3) is 0 Å². The maximum absolute atomic E-state index is 12.5. The minimum absolute atomic E-state index is 0.0122. The van der Waals surface area contributed by atoms with E-state index in [2.05, 4.69) is 32.9 Å². The molecule has 0 radical (unpaired) electrons. The van der Waals surface area contributed by atoms with Crippen molar-refractivity contribution < 1.29 is 23.8 Å². The fraction of sp³-hybridized carbons (Fsp3) is 0.517. The molecule has 2 aliphatic rings. The lowest BCUT2D eigenvalue weighted by Crippen LogP contribution is -2.43. The molecule has 2 aromatic carbocycles. The van der Waals surface area contributed by atoms with Crippen molar-refractivity contribution in [2.75, 3.05) is 38.5 Å². The number of carbonyl (C=O) groups excluding carboxylic acids is 2. The Kier molecular flexibility index (Phi) is 8.90. The zero-order chi connectivity index (χ0) is 26.7. The third-order valence-electron chi connectivity index (χ3n) is 7.94. The summed E-state index contributed by atoms with van der Waals surface area (Å²) in [6, 6.07) is 13.6. The molecule has 0 bridgehead atoms. The van der Waals surface area contributed by atoms with E-state index in [1.54, 1.807) is 14.0 Å². The first kappa shape index (κ1) is 27.6. The summed E-state index contributed by atoms with van der Waals surface area (Å²) in [4.78, 5) is 27.4. The van der Waals surface area contributed by atoms with Gasteiger partial charge in [-0.05, 0) is 66.0 Å². The van der Waals surface area contributed by atoms with Crippen molar-refractivity contribution in [1.82, 2.24) is 4.90 Å². The molecule has 7 nitrogen and oxygen atoms in total. The van der Waals surface area contributed by atoms with Gasteiger partial charge in [0.2, 0.25) is 0 Å². The molecule has 0 saturated carbocycles. The first-order valence-corrected chi connectivity index (χ1v) is 13.3. The van der Waals surface area contributed by atoms with Crippen molar-refractivity contribution >= 4 is 29.2 Å². The van der Waals surface area contributed by atoms with Crippen molar-refractivity contribution in [3.8, 4) is 0 Å². The van der Waals surface area contributed by atoms with Crippen LogP contribution < -0.4 is 4.90 Å². The van der Waals surface area contributed by atoms with Gasteiger partial charge in [0.25, 0.3) is 5.91 Å². The average Bonchev–Trinajstić information content (AvgIpc) is 3.18. The Morgan fingerprint density at radius 3 is 2.41 bits per heavy atom. The van der Waals surface area contributed by atoms with Crippen LogP contribution in [0.2, 0.25) is 5.02 Å². The van der Waals surface area contributed by atoms with Crippen LogP contribution in [0.15, 0.2) is 42.5 Å². The van der Waals surface area contributed by atoms with Crippen molar-refractivity contribution in [2.24, 2.45) is 17.8 Å². The smallest absolute Gasteiger partial charge is 0.331 e. The molecule has 2 saturated heterocycles. The van der Waals surface area contributed by atoms with Gasteiger partial charge in [0.1, 0.15) is 13.3 Å². The van der Waals surface area contributed by atoms with E-state index in [0.29, 0.717) is 48.0 Å². The van der Waals surface area contributed by atoms with Gasteiger partial charge < -0.3 is 14.2 Å². The van der Waals surface area contributed by atoms with Gasteiger partial charge in [-0.25, -0.2) is 4.79 Å². The van der Waals surface area contributed by atoms with Crippen LogP contribution in [0.4, 0.5) is 10.5 Å². The summed E-state index contributed by atoms with van der Waals surface area (Å²) in [5.41, 5.74) is 3.91. The van der Waals surface area contributed by atoms with Gasteiger partial charge in [0, 0.05) is 24.4 Å². The van der Waals surface area contributed by atoms with Crippen molar-refractivity contribution in [3.05, 3.63) is 64.2 Å². The molecule has 3 amide bonds. The topological polar surface area (TPSA) is 68.3 Å². The summed E-state index contributed by atoms with van der Waals surface area (Å²) in [6.45, 7) is 9.76. The number of imide groups is 1. The predicted octanol–water partition coefficient (Wildman–Crippen LogP) is 5.69. The largest absolute Gasteiger partial charge is 0.367 e. The summed E-state index contributed by atoms with van der Waals surface area (Å²) in [6.07, 6.45) is 0.580. The highest BCUT2D eigenvalue weighted by Gasteiger charge is 2.40. The first-order valence-electron chi connectivity index (χ1n) is 13.0. The molecule has 0 N–H and O–H groups in total. The van der Waals surface area contributed by atoms with E-state index in [1.165, 1.54) is 9.80 Å². The Balaban J connectivity index is 1.49. The molecule has 0 spiro atoms. The van der Waals surface area contributed by atoms with Gasteiger partial charge in [-0.3, -0.25) is 14.6 Å². The Labute approximate surface area is 224 Å². The second kappa shape index (κ2) is 11.9. The standard InChI is InChI=1S/C29H37ClN2O5/c1-6-31-27(33)15-32(29(31)34)24-10-7-21(8-11-24)13-23-14-22(9-12-25(23)30)28-20(4)18(2)19(3)26(37-28)16-36-17-35-5/h7-12,14,18-20,26,28H,6,13,15-17H2,1-5H3/t18-,19+,20?,26?,28+/m0/s1. The zero-order valence-electron chi connectivity index (χ0n) is 22.3. The molecule has 8 heteroatoms. The molecule has 2 unspecified atom stereocenters. The Bertz CT molecular complexity index is 1110. The molecule has 2 aliphatic heterocycles. The molecule has 0 aliphatic carbocycles. The van der Waals surface area contributed by atoms with Crippen molar-refractivity contribution in [1.29, 1.82) is 0 Å². The Hall–Kier alpha value is -2.45. The highest BCUT2D eigenvalue weighted by atomic mass is 35.5. The first-order chi connectivity index (χ1) is 17.7. The second-order valence-electron chi connectivity index (χ2n) is 10.2. The van der Waals surface area contributed by atoms with Crippen molar-refractivity contribution in [3.63, 3.8) is 0 Å². The van der Waals surface area contributed by atoms with E-state index >= 15 is 0 Å². The number of rotatable bonds is 9. The summed E-state index contributed by atoms with van der Waals surface area (Å²) >= 11 is 6.62. The maximum atomic E-state index is 12.5. The number of hydrogen-bond acceptors (Lipinski definition) is 5.